The molecule has 0 heterocycles. The first kappa shape index (κ1) is 17.3. The molecule has 122 valence electrons. The molecule has 2 aromatic carbocycles. The van der Waals surface area contributed by atoms with E-state index in [9.17, 15) is 9.18 Å². The summed E-state index contributed by atoms with van der Waals surface area (Å²) in [6.07, 6.45) is -0.0299. The van der Waals surface area contributed by atoms with Gasteiger partial charge in [0.05, 0.1) is 12.5 Å². The highest BCUT2D eigenvalue weighted by Crippen LogP contribution is 2.15. The van der Waals surface area contributed by atoms with Crippen molar-refractivity contribution in [2.24, 2.45) is 0 Å². The Kier molecular flexibility index (Phi) is 5.99. The van der Waals surface area contributed by atoms with Gasteiger partial charge in [0.15, 0.2) is 0 Å². The lowest BCUT2D eigenvalue weighted by Gasteiger charge is -2.15. The van der Waals surface area contributed by atoms with Gasteiger partial charge in [-0.1, -0.05) is 35.4 Å². The van der Waals surface area contributed by atoms with Crippen LogP contribution >= 0.6 is 11.6 Å². The molecule has 0 aliphatic heterocycles. The van der Waals surface area contributed by atoms with Gasteiger partial charge in [-0.15, -0.1) is 0 Å². The average Bonchev–Trinajstić information content (AvgIpc) is 2.49. The number of ether oxygens (including phenoxy) is 1. The number of nitrogens with one attached hydrogen (secondary N) is 1. The van der Waals surface area contributed by atoms with Crippen LogP contribution in [0.25, 0.3) is 0 Å². The van der Waals surface area contributed by atoms with Gasteiger partial charge in [-0.05, 0) is 43.7 Å². The molecule has 2 aromatic rings. The molecular formula is C18H19ClFNO2. The van der Waals surface area contributed by atoms with Gasteiger partial charge in [-0.3, -0.25) is 4.79 Å². The molecule has 1 atom stereocenters. The fourth-order valence-corrected chi connectivity index (χ4v) is 2.22. The smallest absolute Gasteiger partial charge is 0.224 e. The normalized spacial score (nSPS) is 11.8. The van der Waals surface area contributed by atoms with Crippen LogP contribution in [0, 0.1) is 12.7 Å². The maximum atomic E-state index is 13.7. The van der Waals surface area contributed by atoms with Crippen LogP contribution in [-0.4, -0.2) is 18.6 Å². The second kappa shape index (κ2) is 7.97. The monoisotopic (exact) mass is 335 g/mol. The van der Waals surface area contributed by atoms with Gasteiger partial charge < -0.3 is 10.1 Å². The highest BCUT2D eigenvalue weighted by Gasteiger charge is 2.12. The molecule has 0 saturated carbocycles. The molecule has 3 nitrogen and oxygen atoms in total. The highest BCUT2D eigenvalue weighted by molar-refractivity contribution is 6.30. The summed E-state index contributed by atoms with van der Waals surface area (Å²) in [6, 6.07) is 11.8. The lowest BCUT2D eigenvalue weighted by atomic mass is 10.1. The fourth-order valence-electron chi connectivity index (χ4n) is 2.06. The van der Waals surface area contributed by atoms with Crippen LogP contribution in [0.15, 0.2) is 42.5 Å². The molecule has 5 heteroatoms. The third kappa shape index (κ3) is 5.57. The topological polar surface area (TPSA) is 38.3 Å². The molecule has 0 fully saturated rings. The van der Waals surface area contributed by atoms with Gasteiger partial charge in [0.1, 0.15) is 18.2 Å². The molecule has 0 unspecified atom stereocenters. The largest absolute Gasteiger partial charge is 0.491 e. The van der Waals surface area contributed by atoms with E-state index in [0.717, 1.165) is 11.3 Å². The van der Waals surface area contributed by atoms with Crippen molar-refractivity contribution < 1.29 is 13.9 Å². The molecule has 1 N–H and O–H groups in total. The zero-order chi connectivity index (χ0) is 16.8. The summed E-state index contributed by atoms with van der Waals surface area (Å²) in [5.41, 5.74) is 1.47. The van der Waals surface area contributed by atoms with E-state index in [1.807, 2.05) is 38.1 Å². The Bertz CT molecular complexity index is 673. The molecule has 23 heavy (non-hydrogen) atoms. The van der Waals surface area contributed by atoms with E-state index in [4.69, 9.17) is 16.3 Å². The third-order valence-electron chi connectivity index (χ3n) is 3.29. The number of halogens is 2. The van der Waals surface area contributed by atoms with Crippen molar-refractivity contribution in [2.75, 3.05) is 6.61 Å². The molecule has 0 aliphatic carbocycles. The minimum atomic E-state index is -0.476. The highest BCUT2D eigenvalue weighted by atomic mass is 35.5. The first-order valence-corrected chi connectivity index (χ1v) is 7.74. The van der Waals surface area contributed by atoms with Crippen molar-refractivity contribution in [1.82, 2.24) is 5.32 Å². The molecule has 0 spiro atoms. The summed E-state index contributed by atoms with van der Waals surface area (Å²) in [5.74, 6) is 0.0166. The van der Waals surface area contributed by atoms with E-state index >= 15 is 0 Å². The Balaban J connectivity index is 1.81. The van der Waals surface area contributed by atoms with Crippen LogP contribution in [0.1, 0.15) is 18.1 Å². The van der Waals surface area contributed by atoms with E-state index in [1.165, 1.54) is 12.1 Å². The van der Waals surface area contributed by atoms with Gasteiger partial charge in [-0.2, -0.15) is 0 Å². The predicted molar refractivity (Wildman–Crippen MR) is 89.4 cm³/mol. The molecule has 1 amide bonds. The summed E-state index contributed by atoms with van der Waals surface area (Å²) < 4.78 is 19.3. The van der Waals surface area contributed by atoms with Crippen molar-refractivity contribution in [2.45, 2.75) is 26.3 Å². The SMILES string of the molecule is Cc1ccc(OC[C@@H](C)NC(=O)Cc2ccc(Cl)cc2F)cc1. The number of carbonyl (C=O) groups excluding carboxylic acids is 1. The molecule has 0 saturated heterocycles. The quantitative estimate of drug-likeness (QED) is 0.869. The number of hydrogen-bond donors (Lipinski definition) is 1. The summed E-state index contributed by atoms with van der Waals surface area (Å²) in [6.45, 7) is 4.19. The first-order valence-electron chi connectivity index (χ1n) is 7.37. The lowest BCUT2D eigenvalue weighted by molar-refractivity contribution is -0.121. The minimum Gasteiger partial charge on any atom is -0.491 e. The first-order chi connectivity index (χ1) is 10.9. The van der Waals surface area contributed by atoms with Crippen LogP contribution in [0.3, 0.4) is 0 Å². The Labute approximate surface area is 140 Å². The number of hydrogen-bond acceptors (Lipinski definition) is 2. The molecule has 0 aromatic heterocycles. The Morgan fingerprint density at radius 1 is 1.26 bits per heavy atom. The van der Waals surface area contributed by atoms with Gasteiger partial charge in [0, 0.05) is 5.02 Å². The standard InChI is InChI=1S/C18H19ClFNO2/c1-12-3-7-16(8-4-12)23-11-13(2)21-18(22)9-14-5-6-15(19)10-17(14)20/h3-8,10,13H,9,11H2,1-2H3,(H,21,22)/t13-/m1/s1. The Morgan fingerprint density at radius 2 is 1.96 bits per heavy atom. The van der Waals surface area contributed by atoms with Gasteiger partial charge in [-0.25, -0.2) is 4.39 Å². The fraction of sp³-hybridized carbons (Fsp3) is 0.278. The second-order valence-corrected chi connectivity index (χ2v) is 5.94. The van der Waals surface area contributed by atoms with E-state index in [0.29, 0.717) is 17.2 Å². The number of rotatable bonds is 6. The van der Waals surface area contributed by atoms with E-state index < -0.39 is 5.82 Å². The number of aryl methyl sites for hydroxylation is 1. The lowest BCUT2D eigenvalue weighted by Crippen LogP contribution is -2.37. The van der Waals surface area contributed by atoms with E-state index in [2.05, 4.69) is 5.32 Å². The van der Waals surface area contributed by atoms with Crippen LogP contribution in [0.2, 0.25) is 5.02 Å². The summed E-state index contributed by atoms with van der Waals surface area (Å²) in [5, 5.41) is 3.10. The summed E-state index contributed by atoms with van der Waals surface area (Å²) in [7, 11) is 0. The Morgan fingerprint density at radius 3 is 2.61 bits per heavy atom. The summed E-state index contributed by atoms with van der Waals surface area (Å²) >= 11 is 5.69. The molecule has 2 rings (SSSR count). The van der Waals surface area contributed by atoms with Crippen molar-refractivity contribution in [1.29, 1.82) is 0 Å². The van der Waals surface area contributed by atoms with Crippen molar-refractivity contribution in [3.8, 4) is 5.75 Å². The number of benzene rings is 2. The molecular weight excluding hydrogens is 317 g/mol. The molecule has 0 radical (unpaired) electrons. The van der Waals surface area contributed by atoms with Gasteiger partial charge in [0.2, 0.25) is 5.91 Å². The minimum absolute atomic E-state index is 0.0299. The van der Waals surface area contributed by atoms with Crippen LogP contribution < -0.4 is 10.1 Å². The van der Waals surface area contributed by atoms with Crippen molar-refractivity contribution in [3.05, 3.63) is 64.4 Å². The van der Waals surface area contributed by atoms with Crippen molar-refractivity contribution >= 4 is 17.5 Å². The van der Waals surface area contributed by atoms with E-state index in [-0.39, 0.29) is 18.4 Å². The Hall–Kier alpha value is -2.07. The third-order valence-corrected chi connectivity index (χ3v) is 3.53. The van der Waals surface area contributed by atoms with Crippen LogP contribution in [0.4, 0.5) is 4.39 Å². The van der Waals surface area contributed by atoms with Crippen LogP contribution in [-0.2, 0) is 11.2 Å². The summed E-state index contributed by atoms with van der Waals surface area (Å²) in [4.78, 5) is 11.9. The predicted octanol–water partition coefficient (Wildman–Crippen LogP) is 3.91. The van der Waals surface area contributed by atoms with Gasteiger partial charge in [0.25, 0.3) is 0 Å². The zero-order valence-corrected chi connectivity index (χ0v) is 13.9. The number of carbonyl (C=O) groups is 1. The number of amides is 1. The van der Waals surface area contributed by atoms with E-state index in [1.54, 1.807) is 6.07 Å². The zero-order valence-electron chi connectivity index (χ0n) is 13.1. The maximum absolute atomic E-state index is 13.7. The van der Waals surface area contributed by atoms with Gasteiger partial charge >= 0.3 is 0 Å². The maximum Gasteiger partial charge on any atom is 0.224 e. The average molecular weight is 336 g/mol. The molecule has 0 aliphatic rings. The van der Waals surface area contributed by atoms with Crippen LogP contribution in [0.5, 0.6) is 5.75 Å². The van der Waals surface area contributed by atoms with Crippen molar-refractivity contribution in [3.63, 3.8) is 0 Å². The molecule has 0 bridgehead atoms. The second-order valence-electron chi connectivity index (χ2n) is 5.51.